The van der Waals surface area contributed by atoms with Crippen LogP contribution in [-0.4, -0.2) is 36.7 Å². The first-order valence-electron chi connectivity index (χ1n) is 10.0. The highest BCUT2D eigenvalue weighted by Crippen LogP contribution is 2.32. The number of aromatic nitrogens is 1. The Bertz CT molecular complexity index is 1240. The van der Waals surface area contributed by atoms with Gasteiger partial charge in [0.15, 0.2) is 5.13 Å². The number of amides is 1. The number of nitrogens with zero attached hydrogens (tertiary/aromatic N) is 2. The SMILES string of the molecule is Cc1sc(NC(=O)C2CCN(S(=O)(=O)c3ccccc3F)CC2)nc1-c1ccc(Cl)cc1. The highest BCUT2D eigenvalue weighted by atomic mass is 35.5. The van der Waals surface area contributed by atoms with Crippen molar-refractivity contribution in [2.75, 3.05) is 18.4 Å². The number of rotatable bonds is 5. The molecule has 0 radical (unpaired) electrons. The molecule has 32 heavy (non-hydrogen) atoms. The molecule has 4 rings (SSSR count). The summed E-state index contributed by atoms with van der Waals surface area (Å²) in [5.74, 6) is -1.31. The van der Waals surface area contributed by atoms with E-state index >= 15 is 0 Å². The van der Waals surface area contributed by atoms with E-state index < -0.39 is 15.8 Å². The Kier molecular flexibility index (Phi) is 6.62. The topological polar surface area (TPSA) is 79.4 Å². The van der Waals surface area contributed by atoms with E-state index in [4.69, 9.17) is 11.6 Å². The lowest BCUT2D eigenvalue weighted by Gasteiger charge is -2.30. The van der Waals surface area contributed by atoms with Gasteiger partial charge >= 0.3 is 0 Å². The maximum atomic E-state index is 14.0. The van der Waals surface area contributed by atoms with Crippen LogP contribution in [-0.2, 0) is 14.8 Å². The fraction of sp³-hybridized carbons (Fsp3) is 0.273. The van der Waals surface area contributed by atoms with Crippen LogP contribution >= 0.6 is 22.9 Å². The third-order valence-corrected chi connectivity index (χ3v) is 8.49. The molecule has 2 heterocycles. The third-order valence-electron chi connectivity index (χ3n) is 5.42. The number of nitrogens with one attached hydrogen (secondary N) is 1. The minimum Gasteiger partial charge on any atom is -0.302 e. The normalized spacial score (nSPS) is 15.6. The van der Waals surface area contributed by atoms with Gasteiger partial charge in [0, 0.05) is 34.5 Å². The number of aryl methyl sites for hydroxylation is 1. The fourth-order valence-corrected chi connectivity index (χ4v) is 6.18. The van der Waals surface area contributed by atoms with Gasteiger partial charge in [0.05, 0.1) is 5.69 Å². The molecule has 1 fully saturated rings. The highest BCUT2D eigenvalue weighted by Gasteiger charge is 2.33. The fourth-order valence-electron chi connectivity index (χ4n) is 3.68. The molecule has 168 valence electrons. The van der Waals surface area contributed by atoms with Crippen molar-refractivity contribution < 1.29 is 17.6 Å². The predicted octanol–water partition coefficient (Wildman–Crippen LogP) is 4.95. The third kappa shape index (κ3) is 4.71. The second kappa shape index (κ2) is 9.27. The molecule has 0 spiro atoms. The van der Waals surface area contributed by atoms with Crippen LogP contribution in [0.2, 0.25) is 5.02 Å². The molecule has 6 nitrogen and oxygen atoms in total. The van der Waals surface area contributed by atoms with Crippen molar-refractivity contribution in [2.45, 2.75) is 24.7 Å². The van der Waals surface area contributed by atoms with Gasteiger partial charge < -0.3 is 5.32 Å². The summed E-state index contributed by atoms with van der Waals surface area (Å²) in [6, 6.07) is 12.7. The Balaban J connectivity index is 1.40. The molecule has 1 aliphatic heterocycles. The van der Waals surface area contributed by atoms with Crippen molar-refractivity contribution in [3.63, 3.8) is 0 Å². The predicted molar refractivity (Wildman–Crippen MR) is 124 cm³/mol. The molecule has 0 saturated carbocycles. The van der Waals surface area contributed by atoms with Crippen LogP contribution in [0.5, 0.6) is 0 Å². The molecule has 2 aromatic carbocycles. The molecule has 3 aromatic rings. The summed E-state index contributed by atoms with van der Waals surface area (Å²) < 4.78 is 40.7. The van der Waals surface area contributed by atoms with Crippen molar-refractivity contribution >= 4 is 44.0 Å². The Hall–Kier alpha value is -2.33. The zero-order valence-electron chi connectivity index (χ0n) is 17.2. The van der Waals surface area contributed by atoms with Gasteiger partial charge in [-0.15, -0.1) is 11.3 Å². The van der Waals surface area contributed by atoms with Gasteiger partial charge in [-0.05, 0) is 44.0 Å². The maximum absolute atomic E-state index is 14.0. The van der Waals surface area contributed by atoms with Crippen LogP contribution in [0.3, 0.4) is 0 Å². The Morgan fingerprint density at radius 2 is 1.81 bits per heavy atom. The van der Waals surface area contributed by atoms with E-state index in [0.29, 0.717) is 23.0 Å². The molecule has 1 aliphatic rings. The lowest BCUT2D eigenvalue weighted by atomic mass is 9.97. The standard InChI is InChI=1S/C22H21ClFN3O3S2/c1-14-20(15-6-8-17(23)9-7-15)25-22(31-14)26-21(28)16-10-12-27(13-11-16)32(29,30)19-5-3-2-4-18(19)24/h2-9,16H,10-13H2,1H3,(H,25,26,28). The quantitative estimate of drug-likeness (QED) is 0.545. The summed E-state index contributed by atoms with van der Waals surface area (Å²) in [7, 11) is -3.93. The average molecular weight is 494 g/mol. The molecular weight excluding hydrogens is 473 g/mol. The second-order valence-electron chi connectivity index (χ2n) is 7.53. The summed E-state index contributed by atoms with van der Waals surface area (Å²) in [6.07, 6.45) is 0.710. The van der Waals surface area contributed by atoms with E-state index in [1.807, 2.05) is 19.1 Å². The summed E-state index contributed by atoms with van der Waals surface area (Å²) in [5.41, 5.74) is 1.70. The van der Waals surface area contributed by atoms with Crippen molar-refractivity contribution in [1.29, 1.82) is 0 Å². The monoisotopic (exact) mass is 493 g/mol. The molecule has 0 atom stereocenters. The Morgan fingerprint density at radius 3 is 2.47 bits per heavy atom. The van der Waals surface area contributed by atoms with Crippen LogP contribution in [0.25, 0.3) is 11.3 Å². The van der Waals surface area contributed by atoms with Gasteiger partial charge in [-0.2, -0.15) is 4.31 Å². The molecule has 0 aliphatic carbocycles. The molecule has 0 unspecified atom stereocenters. The number of sulfonamides is 1. The largest absolute Gasteiger partial charge is 0.302 e. The lowest BCUT2D eigenvalue weighted by Crippen LogP contribution is -2.41. The zero-order chi connectivity index (χ0) is 22.9. The molecule has 1 aromatic heterocycles. The number of halogens is 2. The van der Waals surface area contributed by atoms with Crippen LogP contribution in [0.4, 0.5) is 9.52 Å². The van der Waals surface area contributed by atoms with Gasteiger partial charge in [-0.3, -0.25) is 4.79 Å². The Labute approximate surface area is 195 Å². The van der Waals surface area contributed by atoms with Gasteiger partial charge in [0.2, 0.25) is 15.9 Å². The minimum atomic E-state index is -3.93. The maximum Gasteiger partial charge on any atom is 0.245 e. The van der Waals surface area contributed by atoms with E-state index in [2.05, 4.69) is 10.3 Å². The van der Waals surface area contributed by atoms with Crippen LogP contribution < -0.4 is 5.32 Å². The number of carbonyl (C=O) groups is 1. The molecule has 1 saturated heterocycles. The first-order chi connectivity index (χ1) is 15.3. The number of anilines is 1. The smallest absolute Gasteiger partial charge is 0.245 e. The number of hydrogen-bond donors (Lipinski definition) is 1. The van der Waals surface area contributed by atoms with E-state index in [1.165, 1.54) is 33.8 Å². The highest BCUT2D eigenvalue weighted by molar-refractivity contribution is 7.89. The van der Waals surface area contributed by atoms with Crippen molar-refractivity contribution in [1.82, 2.24) is 9.29 Å². The van der Waals surface area contributed by atoms with Crippen molar-refractivity contribution in [3.8, 4) is 11.3 Å². The van der Waals surface area contributed by atoms with Gasteiger partial charge in [0.25, 0.3) is 0 Å². The molecular formula is C22H21ClFN3O3S2. The second-order valence-corrected chi connectivity index (χ2v) is 11.1. The van der Waals surface area contributed by atoms with Gasteiger partial charge in [-0.25, -0.2) is 17.8 Å². The van der Waals surface area contributed by atoms with Crippen LogP contribution in [0.15, 0.2) is 53.4 Å². The van der Waals surface area contributed by atoms with E-state index in [9.17, 15) is 17.6 Å². The summed E-state index contributed by atoms with van der Waals surface area (Å²) in [6.45, 7) is 2.24. The van der Waals surface area contributed by atoms with Crippen molar-refractivity contribution in [3.05, 3.63) is 64.2 Å². The van der Waals surface area contributed by atoms with E-state index in [0.717, 1.165) is 22.2 Å². The van der Waals surface area contributed by atoms with Crippen LogP contribution in [0, 0.1) is 18.7 Å². The summed E-state index contributed by atoms with van der Waals surface area (Å²) in [4.78, 5) is 17.9. The van der Waals surface area contributed by atoms with E-state index in [1.54, 1.807) is 12.1 Å². The van der Waals surface area contributed by atoms with E-state index in [-0.39, 0.29) is 29.8 Å². The van der Waals surface area contributed by atoms with Crippen LogP contribution in [0.1, 0.15) is 17.7 Å². The average Bonchev–Trinajstić information content (AvgIpc) is 3.14. The number of hydrogen-bond acceptors (Lipinski definition) is 5. The molecule has 1 N–H and O–H groups in total. The first kappa shape index (κ1) is 22.8. The van der Waals surface area contributed by atoms with Gasteiger partial charge in [-0.1, -0.05) is 35.9 Å². The first-order valence-corrected chi connectivity index (χ1v) is 12.7. The minimum absolute atomic E-state index is 0.154. The van der Waals surface area contributed by atoms with Gasteiger partial charge in [0.1, 0.15) is 10.7 Å². The summed E-state index contributed by atoms with van der Waals surface area (Å²) >= 11 is 7.33. The number of benzene rings is 2. The summed E-state index contributed by atoms with van der Waals surface area (Å²) in [5, 5.41) is 4.00. The zero-order valence-corrected chi connectivity index (χ0v) is 19.6. The Morgan fingerprint density at radius 1 is 1.16 bits per heavy atom. The molecule has 1 amide bonds. The number of thiazole rings is 1. The molecule has 0 bridgehead atoms. The number of carbonyl (C=O) groups excluding carboxylic acids is 1. The van der Waals surface area contributed by atoms with Crippen molar-refractivity contribution in [2.24, 2.45) is 5.92 Å². The lowest BCUT2D eigenvalue weighted by molar-refractivity contribution is -0.120. The number of piperidine rings is 1. The molecule has 10 heteroatoms.